The fraction of sp³-hybridized carbons (Fsp3) is 0.781. The van der Waals surface area contributed by atoms with Gasteiger partial charge in [0.1, 0.15) is 30.1 Å². The first kappa shape index (κ1) is 38.3. The molecule has 1 aliphatic heterocycles. The lowest BCUT2D eigenvalue weighted by atomic mass is 9.92. The van der Waals surface area contributed by atoms with E-state index in [1.807, 2.05) is 6.07 Å². The molecule has 46 heavy (non-hydrogen) atoms. The molecule has 1 fully saturated rings. The molecule has 6 N–H and O–H groups in total. The second kappa shape index (κ2) is 19.6. The minimum atomic E-state index is -4.79. The van der Waals surface area contributed by atoms with E-state index in [0.29, 0.717) is 12.1 Å². The molecule has 0 radical (unpaired) electrons. The predicted octanol–water partition coefficient (Wildman–Crippen LogP) is 5.30. The predicted molar refractivity (Wildman–Crippen MR) is 173 cm³/mol. The summed E-state index contributed by atoms with van der Waals surface area (Å²) in [4.78, 5) is 22.4. The summed E-state index contributed by atoms with van der Waals surface area (Å²) >= 11 is 0. The second-order valence-corrected chi connectivity index (χ2v) is 13.7. The number of aliphatic hydroxyl groups is 2. The molecular weight excluding hydrogens is 613 g/mol. The highest BCUT2D eigenvalue weighted by molar-refractivity contribution is 7.46. The van der Waals surface area contributed by atoms with E-state index in [1.165, 1.54) is 94.0 Å². The van der Waals surface area contributed by atoms with Gasteiger partial charge in [0.25, 0.3) is 0 Å². The normalized spacial score (nSPS) is 22.4. The zero-order valence-corrected chi connectivity index (χ0v) is 28.1. The van der Waals surface area contributed by atoms with Crippen molar-refractivity contribution in [3.8, 4) is 6.07 Å². The molecule has 0 aliphatic carbocycles. The van der Waals surface area contributed by atoms with Gasteiger partial charge in [0.2, 0.25) is 5.60 Å². The number of nitrogens with zero attached hydrogens (tertiary/aromatic N) is 4. The van der Waals surface area contributed by atoms with Crippen molar-refractivity contribution in [3.63, 3.8) is 0 Å². The monoisotopic (exact) mass is 667 g/mol. The third-order valence-corrected chi connectivity index (χ3v) is 9.25. The van der Waals surface area contributed by atoms with Crippen LogP contribution in [0.4, 0.5) is 5.82 Å². The van der Waals surface area contributed by atoms with Crippen molar-refractivity contribution in [2.24, 2.45) is 0 Å². The molecule has 0 spiro atoms. The quantitative estimate of drug-likeness (QED) is 0.0715. The average molecular weight is 668 g/mol. The Hall–Kier alpha value is -2.14. The number of nitrogen functional groups attached to an aromatic ring is 1. The summed E-state index contributed by atoms with van der Waals surface area (Å²) in [6.45, 7) is 2.12. The number of unbranched alkanes of at least 4 members (excludes halogenated alkanes) is 15. The van der Waals surface area contributed by atoms with Crippen molar-refractivity contribution in [1.82, 2.24) is 14.6 Å². The third-order valence-electron chi connectivity index (χ3n) is 8.76. The molecule has 14 heteroatoms. The van der Waals surface area contributed by atoms with Crippen LogP contribution in [0.15, 0.2) is 18.5 Å². The molecular formula is C32H54N5O8P. The number of aliphatic hydroxyl groups excluding tert-OH is 2. The molecule has 0 aromatic carbocycles. The van der Waals surface area contributed by atoms with E-state index in [2.05, 4.69) is 17.0 Å². The van der Waals surface area contributed by atoms with Gasteiger partial charge in [0, 0.05) is 13.0 Å². The molecule has 1 aliphatic rings. The maximum Gasteiger partial charge on any atom is 0.469 e. The summed E-state index contributed by atoms with van der Waals surface area (Å²) in [6, 6.07) is 5.08. The summed E-state index contributed by atoms with van der Waals surface area (Å²) in [5.74, 6) is 0.163. The minimum absolute atomic E-state index is 0.0824. The number of ether oxygens (including phenoxy) is 2. The van der Waals surface area contributed by atoms with Crippen LogP contribution in [0.5, 0.6) is 0 Å². The van der Waals surface area contributed by atoms with E-state index in [-0.39, 0.29) is 17.9 Å². The minimum Gasteiger partial charge on any atom is -0.388 e. The number of fused-ring (bicyclic) bond motifs is 1. The number of nitrogens with two attached hydrogens (primary N) is 1. The lowest BCUT2D eigenvalue weighted by Crippen LogP contribution is -2.41. The summed E-state index contributed by atoms with van der Waals surface area (Å²) in [6.07, 6.45) is 15.9. The van der Waals surface area contributed by atoms with Gasteiger partial charge < -0.3 is 35.2 Å². The molecule has 2 aromatic rings. The summed E-state index contributed by atoms with van der Waals surface area (Å²) < 4.78 is 29.4. The molecule has 13 nitrogen and oxygen atoms in total. The summed E-state index contributed by atoms with van der Waals surface area (Å²) in [7, 11) is -4.79. The molecule has 0 bridgehead atoms. The fourth-order valence-electron chi connectivity index (χ4n) is 6.13. The van der Waals surface area contributed by atoms with Gasteiger partial charge in [0.05, 0.1) is 24.5 Å². The van der Waals surface area contributed by atoms with Gasteiger partial charge >= 0.3 is 7.82 Å². The fourth-order valence-corrected chi connectivity index (χ4v) is 6.49. The second-order valence-electron chi connectivity index (χ2n) is 12.4. The van der Waals surface area contributed by atoms with Crippen LogP contribution in [0.1, 0.15) is 122 Å². The molecule has 2 aromatic heterocycles. The number of aromatic nitrogens is 3. The van der Waals surface area contributed by atoms with Crippen LogP contribution >= 0.6 is 7.82 Å². The van der Waals surface area contributed by atoms with Crippen molar-refractivity contribution in [2.45, 2.75) is 146 Å². The van der Waals surface area contributed by atoms with Gasteiger partial charge in [-0.1, -0.05) is 103 Å². The molecule has 0 saturated carbocycles. The van der Waals surface area contributed by atoms with Crippen LogP contribution in [0.2, 0.25) is 0 Å². The Morgan fingerprint density at radius 1 is 1.00 bits per heavy atom. The maximum absolute atomic E-state index is 11.4. The number of phosphoric acid groups is 1. The van der Waals surface area contributed by atoms with Crippen LogP contribution in [0.25, 0.3) is 5.52 Å². The topological polar surface area (TPSA) is 206 Å². The smallest absolute Gasteiger partial charge is 0.388 e. The highest BCUT2D eigenvalue weighted by Crippen LogP contribution is 2.42. The first-order chi connectivity index (χ1) is 22.1. The van der Waals surface area contributed by atoms with Gasteiger partial charge in [-0.25, -0.2) is 14.1 Å². The van der Waals surface area contributed by atoms with E-state index in [4.69, 9.17) is 19.7 Å². The van der Waals surface area contributed by atoms with E-state index in [1.54, 1.807) is 6.07 Å². The molecule has 5 atom stereocenters. The maximum atomic E-state index is 11.4. The van der Waals surface area contributed by atoms with Crippen molar-refractivity contribution >= 4 is 19.2 Å². The van der Waals surface area contributed by atoms with Gasteiger partial charge in [-0.3, -0.25) is 4.52 Å². The SMILES string of the molecule is CCCCCCCCCCCCCCCCCCOC(COP(=O)(O)O)C[C@H]1O[C@@](C#N)(c2ccc3c(N)ncnn23)[C@H](O)[C@@H]1O. The standard InChI is InChI=1S/C32H54N5O8P/c1-2-3-4-5-6-7-8-9-10-11-12-13-14-15-16-17-20-43-25(22-44-46(40,41)42)21-27-29(38)30(39)32(23-33,45-27)28-19-18-26-31(34)35-24-36-37(26)28/h18-19,24-25,27,29-30,38-39H,2-17,20-22H2,1H3,(H2,34,35,36)(H2,40,41,42)/t25?,27-,29-,30-,32+/m1/s1. The van der Waals surface area contributed by atoms with Crippen molar-refractivity contribution in [2.75, 3.05) is 18.9 Å². The number of nitriles is 1. The molecule has 3 heterocycles. The van der Waals surface area contributed by atoms with Crippen molar-refractivity contribution < 1.29 is 38.6 Å². The number of phosphoric ester groups is 1. The summed E-state index contributed by atoms with van der Waals surface area (Å²) in [5, 5.41) is 36.2. The Kier molecular flexibility index (Phi) is 16.3. The van der Waals surface area contributed by atoms with E-state index >= 15 is 0 Å². The first-order valence-electron chi connectivity index (χ1n) is 17.0. The largest absolute Gasteiger partial charge is 0.469 e. The number of anilines is 1. The van der Waals surface area contributed by atoms with Crippen molar-refractivity contribution in [1.29, 1.82) is 5.26 Å². The zero-order chi connectivity index (χ0) is 33.4. The molecule has 3 rings (SSSR count). The lowest BCUT2D eigenvalue weighted by Gasteiger charge is -2.25. The number of hydrogen-bond donors (Lipinski definition) is 5. The Bertz CT molecular complexity index is 1250. The lowest BCUT2D eigenvalue weighted by molar-refractivity contribution is -0.0779. The van der Waals surface area contributed by atoms with Crippen LogP contribution in [0.3, 0.4) is 0 Å². The van der Waals surface area contributed by atoms with Crippen LogP contribution in [-0.2, 0) is 24.2 Å². The Morgan fingerprint density at radius 3 is 2.11 bits per heavy atom. The molecule has 1 unspecified atom stereocenters. The van der Waals surface area contributed by atoms with Crippen molar-refractivity contribution in [3.05, 3.63) is 24.2 Å². The van der Waals surface area contributed by atoms with Gasteiger partial charge in [0.15, 0.2) is 5.82 Å². The van der Waals surface area contributed by atoms with E-state index in [0.717, 1.165) is 25.7 Å². The van der Waals surface area contributed by atoms with E-state index < -0.39 is 44.4 Å². The van der Waals surface area contributed by atoms with Gasteiger partial charge in [-0.15, -0.1) is 0 Å². The molecule has 260 valence electrons. The van der Waals surface area contributed by atoms with Gasteiger partial charge in [-0.2, -0.15) is 10.4 Å². The highest BCUT2D eigenvalue weighted by atomic mass is 31.2. The third kappa shape index (κ3) is 11.5. The average Bonchev–Trinajstić information content (AvgIpc) is 3.57. The van der Waals surface area contributed by atoms with Crippen LogP contribution in [-0.4, -0.2) is 72.2 Å². The van der Waals surface area contributed by atoms with Crippen LogP contribution < -0.4 is 5.73 Å². The van der Waals surface area contributed by atoms with Crippen LogP contribution in [0, 0.1) is 11.3 Å². The number of rotatable bonds is 24. The van der Waals surface area contributed by atoms with Gasteiger partial charge in [-0.05, 0) is 18.6 Å². The Labute approximate surface area is 272 Å². The summed E-state index contributed by atoms with van der Waals surface area (Å²) in [5.41, 5.74) is 4.48. The number of hydrogen-bond acceptors (Lipinski definition) is 10. The first-order valence-corrected chi connectivity index (χ1v) is 18.5. The van der Waals surface area contributed by atoms with E-state index in [9.17, 15) is 29.8 Å². The molecule has 1 saturated heterocycles. The Balaban J connectivity index is 1.40. The molecule has 0 amide bonds. The Morgan fingerprint density at radius 2 is 1.57 bits per heavy atom. The zero-order valence-electron chi connectivity index (χ0n) is 27.2. The highest BCUT2D eigenvalue weighted by Gasteiger charge is 2.57.